The van der Waals surface area contributed by atoms with Crippen LogP contribution in [-0.4, -0.2) is 5.11 Å². The highest BCUT2D eigenvalue weighted by atomic mass is 35.5. The Hall–Kier alpha value is -1.75. The molecule has 0 bridgehead atoms. The van der Waals surface area contributed by atoms with Gasteiger partial charge in [0.15, 0.2) is 5.60 Å². The maximum Gasteiger partial charge on any atom is 0.176 e. The predicted molar refractivity (Wildman–Crippen MR) is 69.7 cm³/mol. The van der Waals surface area contributed by atoms with Crippen molar-refractivity contribution in [3.05, 3.63) is 70.7 Å². The van der Waals surface area contributed by atoms with Crippen molar-refractivity contribution in [3.8, 4) is 12.3 Å². The highest BCUT2D eigenvalue weighted by Gasteiger charge is 2.28. The first-order valence-corrected chi connectivity index (χ1v) is 5.56. The van der Waals surface area contributed by atoms with Crippen molar-refractivity contribution in [3.63, 3.8) is 0 Å². The fraction of sp³-hybridized carbons (Fsp3) is 0.0667. The molecule has 1 N–H and O–H groups in total. The molecule has 17 heavy (non-hydrogen) atoms. The summed E-state index contributed by atoms with van der Waals surface area (Å²) in [6.07, 6.45) is 5.48. The van der Waals surface area contributed by atoms with Gasteiger partial charge in [-0.3, -0.25) is 0 Å². The Bertz CT molecular complexity index is 557. The maximum absolute atomic E-state index is 10.6. The Kier molecular flexibility index (Phi) is 3.19. The molecule has 2 aromatic rings. The highest BCUT2D eigenvalue weighted by molar-refractivity contribution is 6.30. The van der Waals surface area contributed by atoms with Crippen LogP contribution in [0.15, 0.2) is 54.6 Å². The minimum atomic E-state index is -1.44. The lowest BCUT2D eigenvalue weighted by Crippen LogP contribution is -2.24. The summed E-state index contributed by atoms with van der Waals surface area (Å²) < 4.78 is 0. The van der Waals surface area contributed by atoms with Crippen molar-refractivity contribution < 1.29 is 5.11 Å². The van der Waals surface area contributed by atoms with Gasteiger partial charge in [0.25, 0.3) is 0 Å². The number of aliphatic hydroxyl groups is 1. The fourth-order valence-corrected chi connectivity index (χ4v) is 1.92. The van der Waals surface area contributed by atoms with Gasteiger partial charge in [0, 0.05) is 16.1 Å². The molecular weight excluding hydrogens is 232 g/mol. The Morgan fingerprint density at radius 3 is 2.24 bits per heavy atom. The van der Waals surface area contributed by atoms with Gasteiger partial charge in [0.2, 0.25) is 0 Å². The van der Waals surface area contributed by atoms with Crippen LogP contribution in [0, 0.1) is 12.3 Å². The third-order valence-electron chi connectivity index (χ3n) is 2.64. The number of hydrogen-bond acceptors (Lipinski definition) is 1. The Morgan fingerprint density at radius 1 is 1.00 bits per heavy atom. The number of halogens is 1. The van der Waals surface area contributed by atoms with Crippen LogP contribution >= 0.6 is 11.6 Å². The lowest BCUT2D eigenvalue weighted by Gasteiger charge is -2.23. The molecule has 1 nitrogen and oxygen atoms in total. The van der Waals surface area contributed by atoms with Gasteiger partial charge in [0.05, 0.1) is 0 Å². The fourth-order valence-electron chi connectivity index (χ4n) is 1.73. The van der Waals surface area contributed by atoms with Crippen molar-refractivity contribution in [2.24, 2.45) is 0 Å². The van der Waals surface area contributed by atoms with Crippen molar-refractivity contribution in [2.45, 2.75) is 5.60 Å². The molecule has 0 heterocycles. The predicted octanol–water partition coefficient (Wildman–Crippen LogP) is 3.21. The zero-order valence-corrected chi connectivity index (χ0v) is 9.85. The highest BCUT2D eigenvalue weighted by Crippen LogP contribution is 2.30. The van der Waals surface area contributed by atoms with E-state index in [1.165, 1.54) is 0 Å². The summed E-state index contributed by atoms with van der Waals surface area (Å²) in [5.74, 6) is 2.44. The SMILES string of the molecule is C#CC(O)(c1ccccc1)c1cccc(Cl)c1. The molecule has 0 aliphatic rings. The Balaban J connectivity index is 2.57. The minimum Gasteiger partial charge on any atom is -0.369 e. The molecule has 0 spiro atoms. The van der Waals surface area contributed by atoms with Crippen LogP contribution in [0.5, 0.6) is 0 Å². The smallest absolute Gasteiger partial charge is 0.176 e. The Labute approximate surface area is 106 Å². The molecule has 0 aromatic heterocycles. The van der Waals surface area contributed by atoms with Gasteiger partial charge in [-0.25, -0.2) is 0 Å². The van der Waals surface area contributed by atoms with Crippen LogP contribution in [0.1, 0.15) is 11.1 Å². The molecule has 0 amide bonds. The summed E-state index contributed by atoms with van der Waals surface area (Å²) in [7, 11) is 0. The lowest BCUT2D eigenvalue weighted by molar-refractivity contribution is 0.145. The van der Waals surface area contributed by atoms with Crippen molar-refractivity contribution >= 4 is 11.6 Å². The first-order valence-electron chi connectivity index (χ1n) is 5.18. The third-order valence-corrected chi connectivity index (χ3v) is 2.88. The normalized spacial score (nSPS) is 13.7. The molecule has 0 radical (unpaired) electrons. The summed E-state index contributed by atoms with van der Waals surface area (Å²) in [6, 6.07) is 16.1. The summed E-state index contributed by atoms with van der Waals surface area (Å²) in [5, 5.41) is 11.1. The largest absolute Gasteiger partial charge is 0.369 e. The van der Waals surface area contributed by atoms with E-state index in [0.717, 1.165) is 0 Å². The van der Waals surface area contributed by atoms with Gasteiger partial charge >= 0.3 is 0 Å². The average molecular weight is 243 g/mol. The molecule has 2 aromatic carbocycles. The molecule has 0 saturated carbocycles. The third kappa shape index (κ3) is 2.19. The van der Waals surface area contributed by atoms with Gasteiger partial charge in [-0.1, -0.05) is 60.0 Å². The number of terminal acetylenes is 1. The van der Waals surface area contributed by atoms with E-state index in [2.05, 4.69) is 5.92 Å². The second kappa shape index (κ2) is 4.63. The summed E-state index contributed by atoms with van der Waals surface area (Å²) in [5.41, 5.74) is -0.185. The molecule has 2 heteroatoms. The monoisotopic (exact) mass is 242 g/mol. The van der Waals surface area contributed by atoms with E-state index in [9.17, 15) is 5.11 Å². The van der Waals surface area contributed by atoms with Crippen LogP contribution in [-0.2, 0) is 5.60 Å². The quantitative estimate of drug-likeness (QED) is 0.802. The van der Waals surface area contributed by atoms with Crippen LogP contribution in [0.4, 0.5) is 0 Å². The van der Waals surface area contributed by atoms with E-state index in [1.807, 2.05) is 18.2 Å². The van der Waals surface area contributed by atoms with E-state index in [1.54, 1.807) is 36.4 Å². The van der Waals surface area contributed by atoms with Crippen molar-refractivity contribution in [2.75, 3.05) is 0 Å². The molecule has 2 rings (SSSR count). The molecule has 0 aliphatic heterocycles. The van der Waals surface area contributed by atoms with E-state index >= 15 is 0 Å². The first-order chi connectivity index (χ1) is 8.16. The number of benzene rings is 2. The van der Waals surface area contributed by atoms with E-state index < -0.39 is 5.60 Å². The van der Waals surface area contributed by atoms with Crippen LogP contribution < -0.4 is 0 Å². The topological polar surface area (TPSA) is 20.2 Å². The minimum absolute atomic E-state index is 0.548. The van der Waals surface area contributed by atoms with Gasteiger partial charge < -0.3 is 5.11 Å². The first kappa shape index (κ1) is 11.7. The Morgan fingerprint density at radius 2 is 1.65 bits per heavy atom. The second-order valence-electron chi connectivity index (χ2n) is 3.73. The molecule has 0 fully saturated rings. The van der Waals surface area contributed by atoms with Crippen LogP contribution in [0.2, 0.25) is 5.02 Å². The molecule has 1 unspecified atom stereocenters. The van der Waals surface area contributed by atoms with Gasteiger partial charge in [-0.05, 0) is 12.1 Å². The zero-order valence-electron chi connectivity index (χ0n) is 9.10. The molecular formula is C15H11ClO. The van der Waals surface area contributed by atoms with E-state index in [0.29, 0.717) is 16.1 Å². The van der Waals surface area contributed by atoms with E-state index in [-0.39, 0.29) is 0 Å². The number of hydrogen-bond donors (Lipinski definition) is 1. The van der Waals surface area contributed by atoms with Crippen LogP contribution in [0.3, 0.4) is 0 Å². The standard InChI is InChI=1S/C15H11ClO/c1-2-15(17,12-7-4-3-5-8-12)13-9-6-10-14(16)11-13/h1,3-11,17H. The molecule has 1 atom stereocenters. The van der Waals surface area contributed by atoms with E-state index in [4.69, 9.17) is 18.0 Å². The van der Waals surface area contributed by atoms with Crippen molar-refractivity contribution in [1.82, 2.24) is 0 Å². The summed E-state index contributed by atoms with van der Waals surface area (Å²) in [6.45, 7) is 0. The molecule has 0 aliphatic carbocycles. The second-order valence-corrected chi connectivity index (χ2v) is 4.17. The van der Waals surface area contributed by atoms with Crippen molar-refractivity contribution in [1.29, 1.82) is 0 Å². The number of rotatable bonds is 2. The molecule has 84 valence electrons. The van der Waals surface area contributed by atoms with Gasteiger partial charge in [-0.15, -0.1) is 6.42 Å². The van der Waals surface area contributed by atoms with Gasteiger partial charge in [-0.2, -0.15) is 0 Å². The summed E-state index contributed by atoms with van der Waals surface area (Å²) >= 11 is 5.92. The molecule has 0 saturated heterocycles. The van der Waals surface area contributed by atoms with Crippen LogP contribution in [0.25, 0.3) is 0 Å². The maximum atomic E-state index is 10.6. The lowest BCUT2D eigenvalue weighted by atomic mass is 9.87. The van der Waals surface area contributed by atoms with Gasteiger partial charge in [0.1, 0.15) is 0 Å². The summed E-state index contributed by atoms with van der Waals surface area (Å²) in [4.78, 5) is 0. The average Bonchev–Trinajstić information content (AvgIpc) is 2.39. The zero-order chi connectivity index (χ0) is 12.3.